The van der Waals surface area contributed by atoms with Gasteiger partial charge in [0.05, 0.1) is 5.69 Å². The van der Waals surface area contributed by atoms with Gasteiger partial charge in [-0.3, -0.25) is 14.6 Å². The van der Waals surface area contributed by atoms with Gasteiger partial charge >= 0.3 is 0 Å². The van der Waals surface area contributed by atoms with Gasteiger partial charge < -0.3 is 0 Å². The molecule has 0 aliphatic heterocycles. The van der Waals surface area contributed by atoms with Gasteiger partial charge in [0, 0.05) is 17.7 Å². The average Bonchev–Trinajstić information content (AvgIpc) is 2.74. The van der Waals surface area contributed by atoms with Crippen molar-refractivity contribution in [3.8, 4) is 11.3 Å². The van der Waals surface area contributed by atoms with Crippen LogP contribution in [0.4, 0.5) is 0 Å². The van der Waals surface area contributed by atoms with Crippen LogP contribution in [0.5, 0.6) is 0 Å². The summed E-state index contributed by atoms with van der Waals surface area (Å²) in [7, 11) is 0. The van der Waals surface area contributed by atoms with E-state index in [1.54, 1.807) is 4.68 Å². The first-order valence-electron chi connectivity index (χ1n) is 7.56. The van der Waals surface area contributed by atoms with Crippen LogP contribution in [-0.2, 0) is 13.0 Å². The van der Waals surface area contributed by atoms with Crippen molar-refractivity contribution in [2.45, 2.75) is 53.0 Å². The van der Waals surface area contributed by atoms with Crippen LogP contribution < -0.4 is 5.56 Å². The summed E-state index contributed by atoms with van der Waals surface area (Å²) in [6.07, 6.45) is 3.97. The zero-order valence-electron chi connectivity index (χ0n) is 12.7. The fraction of sp³-hybridized carbons (Fsp3) is 0.471. The number of aromatic nitrogens is 2. The van der Waals surface area contributed by atoms with Crippen LogP contribution in [-0.4, -0.2) is 9.78 Å². The second kappa shape index (κ2) is 6.60. The van der Waals surface area contributed by atoms with E-state index in [2.05, 4.69) is 38.0 Å². The molecule has 0 fully saturated rings. The van der Waals surface area contributed by atoms with Gasteiger partial charge in [0.2, 0.25) is 0 Å². The Hall–Kier alpha value is -1.77. The third-order valence-electron chi connectivity index (χ3n) is 3.69. The van der Waals surface area contributed by atoms with Crippen molar-refractivity contribution in [1.82, 2.24) is 9.78 Å². The van der Waals surface area contributed by atoms with Crippen LogP contribution in [0.3, 0.4) is 0 Å². The summed E-state index contributed by atoms with van der Waals surface area (Å²) >= 11 is 0. The van der Waals surface area contributed by atoms with Crippen molar-refractivity contribution in [1.29, 1.82) is 0 Å². The standard InChI is InChI=1S/C17H24N2O/c1-4-6-10-15-16(14-11-8-7-9-13(14)3)18-19(12-5-2)17(15)20/h7-9,11,18H,4-6,10,12H2,1-3H3. The quantitative estimate of drug-likeness (QED) is 0.850. The summed E-state index contributed by atoms with van der Waals surface area (Å²) in [6, 6.07) is 8.24. The van der Waals surface area contributed by atoms with Crippen LogP contribution >= 0.6 is 0 Å². The number of benzene rings is 1. The van der Waals surface area contributed by atoms with E-state index in [1.165, 1.54) is 5.56 Å². The molecule has 0 unspecified atom stereocenters. The minimum Gasteiger partial charge on any atom is -0.295 e. The monoisotopic (exact) mass is 272 g/mol. The van der Waals surface area contributed by atoms with Crippen molar-refractivity contribution in [2.24, 2.45) is 0 Å². The number of aryl methyl sites for hydroxylation is 2. The van der Waals surface area contributed by atoms with Gasteiger partial charge in [-0.05, 0) is 31.7 Å². The molecule has 3 nitrogen and oxygen atoms in total. The molecule has 0 aliphatic rings. The van der Waals surface area contributed by atoms with Crippen molar-refractivity contribution in [2.75, 3.05) is 0 Å². The van der Waals surface area contributed by atoms with Crippen LogP contribution in [0.2, 0.25) is 0 Å². The van der Waals surface area contributed by atoms with Gasteiger partial charge in [-0.15, -0.1) is 0 Å². The summed E-state index contributed by atoms with van der Waals surface area (Å²) in [5.74, 6) is 0. The van der Waals surface area contributed by atoms with Crippen LogP contribution in [0, 0.1) is 6.92 Å². The molecule has 0 saturated carbocycles. The lowest BCUT2D eigenvalue weighted by molar-refractivity contribution is 0.585. The van der Waals surface area contributed by atoms with E-state index in [0.29, 0.717) is 0 Å². The molecule has 0 saturated heterocycles. The molecule has 1 aromatic carbocycles. The van der Waals surface area contributed by atoms with E-state index in [9.17, 15) is 4.79 Å². The van der Waals surface area contributed by atoms with Gasteiger partial charge in [-0.1, -0.05) is 44.5 Å². The summed E-state index contributed by atoms with van der Waals surface area (Å²) in [4.78, 5) is 12.5. The molecule has 2 aromatic rings. The molecule has 20 heavy (non-hydrogen) atoms. The molecule has 0 bridgehead atoms. The fourth-order valence-corrected chi connectivity index (χ4v) is 2.57. The van der Waals surface area contributed by atoms with Gasteiger partial charge in [-0.25, -0.2) is 0 Å². The molecule has 0 amide bonds. The molecule has 3 heteroatoms. The van der Waals surface area contributed by atoms with E-state index in [-0.39, 0.29) is 5.56 Å². The Morgan fingerprint density at radius 2 is 1.90 bits per heavy atom. The number of nitrogens with zero attached hydrogens (tertiary/aromatic N) is 1. The highest BCUT2D eigenvalue weighted by molar-refractivity contribution is 5.66. The van der Waals surface area contributed by atoms with E-state index in [0.717, 1.165) is 49.0 Å². The topological polar surface area (TPSA) is 37.8 Å². The van der Waals surface area contributed by atoms with Crippen molar-refractivity contribution in [3.63, 3.8) is 0 Å². The number of rotatable bonds is 6. The minimum atomic E-state index is 0.151. The Morgan fingerprint density at radius 3 is 2.55 bits per heavy atom. The van der Waals surface area contributed by atoms with E-state index < -0.39 is 0 Å². The molecule has 1 aromatic heterocycles. The maximum atomic E-state index is 12.5. The molecule has 0 aliphatic carbocycles. The summed E-state index contributed by atoms with van der Waals surface area (Å²) < 4.78 is 1.76. The van der Waals surface area contributed by atoms with Gasteiger partial charge in [0.1, 0.15) is 0 Å². The maximum Gasteiger partial charge on any atom is 0.270 e. The zero-order chi connectivity index (χ0) is 14.5. The molecule has 0 atom stereocenters. The predicted molar refractivity (Wildman–Crippen MR) is 84.1 cm³/mol. The number of unbranched alkanes of at least 4 members (excludes halogenated alkanes) is 1. The normalized spacial score (nSPS) is 10.9. The zero-order valence-corrected chi connectivity index (χ0v) is 12.7. The Labute approximate surface area is 120 Å². The number of hydrogen-bond acceptors (Lipinski definition) is 1. The SMILES string of the molecule is CCCCc1c(-c2ccccc2C)[nH]n(CCC)c1=O. The lowest BCUT2D eigenvalue weighted by Gasteiger charge is -2.05. The Kier molecular flexibility index (Phi) is 4.83. The fourth-order valence-electron chi connectivity index (χ4n) is 2.57. The third kappa shape index (κ3) is 2.87. The highest BCUT2D eigenvalue weighted by Crippen LogP contribution is 2.24. The van der Waals surface area contributed by atoms with Crippen LogP contribution in [0.1, 0.15) is 44.2 Å². The first-order valence-corrected chi connectivity index (χ1v) is 7.56. The van der Waals surface area contributed by atoms with Crippen molar-refractivity contribution >= 4 is 0 Å². The second-order valence-electron chi connectivity index (χ2n) is 5.34. The van der Waals surface area contributed by atoms with Gasteiger partial charge in [0.15, 0.2) is 0 Å². The molecular formula is C17H24N2O. The summed E-state index contributed by atoms with van der Waals surface area (Å²) in [6.45, 7) is 7.09. The molecule has 1 heterocycles. The van der Waals surface area contributed by atoms with Crippen molar-refractivity contribution < 1.29 is 0 Å². The molecule has 1 N–H and O–H groups in total. The van der Waals surface area contributed by atoms with Crippen LogP contribution in [0.15, 0.2) is 29.1 Å². The van der Waals surface area contributed by atoms with E-state index >= 15 is 0 Å². The molecule has 0 spiro atoms. The number of H-pyrrole nitrogens is 1. The molecular weight excluding hydrogens is 248 g/mol. The molecule has 0 radical (unpaired) electrons. The summed E-state index contributed by atoms with van der Waals surface area (Å²) in [5.41, 5.74) is 4.45. The summed E-state index contributed by atoms with van der Waals surface area (Å²) in [5, 5.41) is 3.32. The number of hydrogen-bond donors (Lipinski definition) is 1. The minimum absolute atomic E-state index is 0.151. The maximum absolute atomic E-state index is 12.5. The van der Waals surface area contributed by atoms with Gasteiger partial charge in [0.25, 0.3) is 5.56 Å². The second-order valence-corrected chi connectivity index (χ2v) is 5.34. The van der Waals surface area contributed by atoms with E-state index in [4.69, 9.17) is 0 Å². The van der Waals surface area contributed by atoms with Gasteiger partial charge in [-0.2, -0.15) is 0 Å². The highest BCUT2D eigenvalue weighted by Gasteiger charge is 2.15. The first kappa shape index (κ1) is 14.6. The number of nitrogens with one attached hydrogen (secondary N) is 1. The smallest absolute Gasteiger partial charge is 0.270 e. The lowest BCUT2D eigenvalue weighted by atomic mass is 10.00. The highest BCUT2D eigenvalue weighted by atomic mass is 16.1. The Bertz CT molecular complexity index is 622. The first-order chi connectivity index (χ1) is 9.69. The predicted octanol–water partition coefficient (Wildman–Crippen LogP) is 3.90. The molecule has 108 valence electrons. The van der Waals surface area contributed by atoms with Crippen molar-refractivity contribution in [3.05, 3.63) is 45.7 Å². The Balaban J connectivity index is 2.53. The van der Waals surface area contributed by atoms with Crippen LogP contribution in [0.25, 0.3) is 11.3 Å². The largest absolute Gasteiger partial charge is 0.295 e. The number of aromatic amines is 1. The average molecular weight is 272 g/mol. The molecule has 2 rings (SSSR count). The van der Waals surface area contributed by atoms with E-state index in [1.807, 2.05) is 12.1 Å². The lowest BCUT2D eigenvalue weighted by Crippen LogP contribution is -2.18. The third-order valence-corrected chi connectivity index (χ3v) is 3.69. The Morgan fingerprint density at radius 1 is 1.15 bits per heavy atom.